The molecule has 1 N–H and O–H groups in total. The van der Waals surface area contributed by atoms with Gasteiger partial charge in [0.25, 0.3) is 0 Å². The molecule has 0 unspecified atom stereocenters. The molecule has 1 fully saturated rings. The molecule has 1 aromatic carbocycles. The van der Waals surface area contributed by atoms with Crippen LogP contribution < -0.4 is 5.32 Å². The quantitative estimate of drug-likeness (QED) is 0.775. The highest BCUT2D eigenvalue weighted by atomic mass is 16.5. The molecule has 2 aromatic heterocycles. The molecular formula is C15H15N3O2. The standard InChI is InChI=1S/C15H15N3O2/c1-9-7-16-8-11(9)15-17-14(18-20-15)13-6-10-4-2-3-5-12(10)19-13/h2-6,9,11,16H,7-8H2,1H3/t9-,11-/m1/s1. The second-order valence-corrected chi connectivity index (χ2v) is 5.35. The molecule has 1 aliphatic heterocycles. The van der Waals surface area contributed by atoms with Gasteiger partial charge in [0.05, 0.1) is 5.92 Å². The normalized spacial score (nSPS) is 22.6. The summed E-state index contributed by atoms with van der Waals surface area (Å²) < 4.78 is 11.2. The van der Waals surface area contributed by atoms with Gasteiger partial charge in [0.1, 0.15) is 5.58 Å². The molecule has 0 aliphatic carbocycles. The molecule has 0 bridgehead atoms. The molecular weight excluding hydrogens is 254 g/mol. The minimum Gasteiger partial charge on any atom is -0.453 e. The average molecular weight is 269 g/mol. The smallest absolute Gasteiger partial charge is 0.238 e. The largest absolute Gasteiger partial charge is 0.453 e. The van der Waals surface area contributed by atoms with Crippen LogP contribution in [0.4, 0.5) is 0 Å². The highest BCUT2D eigenvalue weighted by molar-refractivity contribution is 5.81. The van der Waals surface area contributed by atoms with E-state index in [0.29, 0.717) is 29.3 Å². The number of hydrogen-bond donors (Lipinski definition) is 1. The molecule has 1 aliphatic rings. The second-order valence-electron chi connectivity index (χ2n) is 5.35. The van der Waals surface area contributed by atoms with Crippen molar-refractivity contribution in [1.82, 2.24) is 15.5 Å². The topological polar surface area (TPSA) is 64.1 Å². The van der Waals surface area contributed by atoms with Crippen LogP contribution >= 0.6 is 0 Å². The number of furan rings is 1. The number of nitrogens with zero attached hydrogens (tertiary/aromatic N) is 2. The Morgan fingerprint density at radius 3 is 2.95 bits per heavy atom. The van der Waals surface area contributed by atoms with Gasteiger partial charge in [-0.15, -0.1) is 0 Å². The van der Waals surface area contributed by atoms with E-state index in [1.54, 1.807) is 0 Å². The summed E-state index contributed by atoms with van der Waals surface area (Å²) >= 11 is 0. The van der Waals surface area contributed by atoms with Gasteiger partial charge in [-0.3, -0.25) is 0 Å². The van der Waals surface area contributed by atoms with E-state index in [-0.39, 0.29) is 0 Å². The lowest BCUT2D eigenvalue weighted by atomic mass is 9.98. The van der Waals surface area contributed by atoms with Crippen molar-refractivity contribution < 1.29 is 8.94 Å². The van der Waals surface area contributed by atoms with Crippen LogP contribution in [0.25, 0.3) is 22.6 Å². The lowest BCUT2D eigenvalue weighted by molar-refractivity contribution is 0.339. The fourth-order valence-corrected chi connectivity index (χ4v) is 2.72. The van der Waals surface area contributed by atoms with Crippen LogP contribution in [0, 0.1) is 5.92 Å². The van der Waals surface area contributed by atoms with Crippen molar-refractivity contribution in [2.24, 2.45) is 5.92 Å². The van der Waals surface area contributed by atoms with Crippen molar-refractivity contribution in [2.75, 3.05) is 13.1 Å². The Morgan fingerprint density at radius 2 is 2.15 bits per heavy atom. The first-order valence-corrected chi connectivity index (χ1v) is 6.84. The van der Waals surface area contributed by atoms with E-state index in [4.69, 9.17) is 8.94 Å². The summed E-state index contributed by atoms with van der Waals surface area (Å²) in [7, 11) is 0. The van der Waals surface area contributed by atoms with E-state index in [2.05, 4.69) is 22.4 Å². The molecule has 102 valence electrons. The summed E-state index contributed by atoms with van der Waals surface area (Å²) in [6, 6.07) is 9.81. The van der Waals surface area contributed by atoms with E-state index in [0.717, 1.165) is 24.1 Å². The zero-order chi connectivity index (χ0) is 13.5. The number of fused-ring (bicyclic) bond motifs is 1. The van der Waals surface area contributed by atoms with Crippen LogP contribution in [-0.4, -0.2) is 23.2 Å². The molecule has 0 amide bonds. The Kier molecular flexibility index (Phi) is 2.60. The number of para-hydroxylation sites is 1. The minimum atomic E-state index is 0.292. The molecule has 0 saturated carbocycles. The Bertz CT molecular complexity index is 713. The fourth-order valence-electron chi connectivity index (χ4n) is 2.72. The van der Waals surface area contributed by atoms with Crippen LogP contribution in [0.15, 0.2) is 39.3 Å². The van der Waals surface area contributed by atoms with Crippen LogP contribution in [0.1, 0.15) is 18.7 Å². The molecule has 0 radical (unpaired) electrons. The monoisotopic (exact) mass is 269 g/mol. The number of benzene rings is 1. The Hall–Kier alpha value is -2.14. The maximum absolute atomic E-state index is 5.76. The molecule has 3 heterocycles. The Labute approximate surface area is 116 Å². The van der Waals surface area contributed by atoms with Crippen LogP contribution in [-0.2, 0) is 0 Å². The van der Waals surface area contributed by atoms with Crippen LogP contribution in [0.5, 0.6) is 0 Å². The summed E-state index contributed by atoms with van der Waals surface area (Å²) in [4.78, 5) is 4.50. The number of hydrogen-bond acceptors (Lipinski definition) is 5. The van der Waals surface area contributed by atoms with Gasteiger partial charge in [0.2, 0.25) is 11.7 Å². The molecule has 3 aromatic rings. The van der Waals surface area contributed by atoms with E-state index in [1.165, 1.54) is 0 Å². The summed E-state index contributed by atoms with van der Waals surface area (Å²) in [6.07, 6.45) is 0. The third kappa shape index (κ3) is 1.82. The highest BCUT2D eigenvalue weighted by Crippen LogP contribution is 2.30. The zero-order valence-electron chi connectivity index (χ0n) is 11.2. The molecule has 2 atom stereocenters. The van der Waals surface area contributed by atoms with Crippen molar-refractivity contribution in [3.63, 3.8) is 0 Å². The maximum Gasteiger partial charge on any atom is 0.238 e. The number of nitrogens with one attached hydrogen (secondary N) is 1. The average Bonchev–Trinajstić information content (AvgIpc) is 3.15. The summed E-state index contributed by atoms with van der Waals surface area (Å²) in [5.41, 5.74) is 0.838. The van der Waals surface area contributed by atoms with Crippen LogP contribution in [0.2, 0.25) is 0 Å². The fraction of sp³-hybridized carbons (Fsp3) is 0.333. The first kappa shape index (κ1) is 11.7. The Morgan fingerprint density at radius 1 is 1.25 bits per heavy atom. The van der Waals surface area contributed by atoms with E-state index in [9.17, 15) is 0 Å². The van der Waals surface area contributed by atoms with E-state index >= 15 is 0 Å². The van der Waals surface area contributed by atoms with Gasteiger partial charge in [-0.2, -0.15) is 4.98 Å². The predicted octanol–water partition coefficient (Wildman–Crippen LogP) is 2.81. The van der Waals surface area contributed by atoms with Gasteiger partial charge in [-0.05, 0) is 24.6 Å². The van der Waals surface area contributed by atoms with Gasteiger partial charge in [-0.25, -0.2) is 0 Å². The van der Waals surface area contributed by atoms with Gasteiger partial charge in [0.15, 0.2) is 5.76 Å². The van der Waals surface area contributed by atoms with Gasteiger partial charge >= 0.3 is 0 Å². The third-order valence-corrected chi connectivity index (χ3v) is 3.92. The van der Waals surface area contributed by atoms with Gasteiger partial charge in [-0.1, -0.05) is 30.3 Å². The SMILES string of the molecule is C[C@@H]1CNC[C@H]1c1nc(-c2cc3ccccc3o2)no1. The lowest BCUT2D eigenvalue weighted by Crippen LogP contribution is -2.08. The van der Waals surface area contributed by atoms with Crippen LogP contribution in [0.3, 0.4) is 0 Å². The molecule has 4 rings (SSSR count). The van der Waals surface area contributed by atoms with E-state index < -0.39 is 0 Å². The van der Waals surface area contributed by atoms with Crippen molar-refractivity contribution in [3.05, 3.63) is 36.2 Å². The number of aromatic nitrogens is 2. The minimum absolute atomic E-state index is 0.292. The first-order valence-electron chi connectivity index (χ1n) is 6.84. The molecule has 1 saturated heterocycles. The van der Waals surface area contributed by atoms with Crippen molar-refractivity contribution >= 4 is 11.0 Å². The molecule has 5 nitrogen and oxygen atoms in total. The van der Waals surface area contributed by atoms with Gasteiger partial charge in [0, 0.05) is 11.9 Å². The summed E-state index contributed by atoms with van der Waals surface area (Å²) in [6.45, 7) is 4.08. The second kappa shape index (κ2) is 4.45. The molecule has 5 heteroatoms. The van der Waals surface area contributed by atoms with Crippen molar-refractivity contribution in [2.45, 2.75) is 12.8 Å². The molecule has 0 spiro atoms. The first-order chi connectivity index (χ1) is 9.81. The highest BCUT2D eigenvalue weighted by Gasteiger charge is 2.30. The summed E-state index contributed by atoms with van der Waals surface area (Å²) in [5, 5.41) is 8.44. The lowest BCUT2D eigenvalue weighted by Gasteiger charge is -2.07. The van der Waals surface area contributed by atoms with Crippen molar-refractivity contribution in [3.8, 4) is 11.6 Å². The number of rotatable bonds is 2. The maximum atomic E-state index is 5.76. The Balaban J connectivity index is 1.70. The predicted molar refractivity (Wildman–Crippen MR) is 74.3 cm³/mol. The zero-order valence-corrected chi connectivity index (χ0v) is 11.2. The van der Waals surface area contributed by atoms with E-state index in [1.807, 2.05) is 30.3 Å². The molecule has 20 heavy (non-hydrogen) atoms. The van der Waals surface area contributed by atoms with Crippen molar-refractivity contribution in [1.29, 1.82) is 0 Å². The van der Waals surface area contributed by atoms with Gasteiger partial charge < -0.3 is 14.3 Å². The summed E-state index contributed by atoms with van der Waals surface area (Å²) in [5.74, 6) is 2.67. The third-order valence-electron chi connectivity index (χ3n) is 3.92.